The first-order chi connectivity index (χ1) is 13.6. The molecule has 0 bridgehead atoms. The van der Waals surface area contributed by atoms with Gasteiger partial charge in [0.15, 0.2) is 0 Å². The molecule has 4 fully saturated rings. The molecule has 0 aromatic rings. The number of Topliss-reactive ketones (excluding diaryl/α,β-unsaturated/α-hetero) is 1. The lowest BCUT2D eigenvalue weighted by Crippen LogP contribution is -2.61. The summed E-state index contributed by atoms with van der Waals surface area (Å²) in [6.45, 7) is 6.62. The summed E-state index contributed by atoms with van der Waals surface area (Å²) in [6, 6.07) is 0. The molecule has 4 saturated carbocycles. The number of hydrogen-bond acceptors (Lipinski definition) is 4. The molecular weight excluding hydrogens is 368 g/mol. The third-order valence-corrected chi connectivity index (χ3v) is 10.1. The minimum atomic E-state index is -0.762. The average Bonchev–Trinajstić information content (AvgIpc) is 3.01. The summed E-state index contributed by atoms with van der Waals surface area (Å²) in [5, 5.41) is 30.7. The maximum atomic E-state index is 13.4. The number of carbonyl (C=O) groups is 2. The van der Waals surface area contributed by atoms with Crippen molar-refractivity contribution < 1.29 is 24.9 Å². The van der Waals surface area contributed by atoms with Crippen LogP contribution in [0.25, 0.3) is 0 Å². The highest BCUT2D eigenvalue weighted by Gasteiger charge is 2.65. The predicted octanol–water partition coefficient (Wildman–Crippen LogP) is 3.66. The van der Waals surface area contributed by atoms with E-state index in [1.807, 2.05) is 0 Å². The quantitative estimate of drug-likeness (QED) is 0.662. The van der Waals surface area contributed by atoms with Gasteiger partial charge in [0, 0.05) is 24.2 Å². The Morgan fingerprint density at radius 2 is 1.86 bits per heavy atom. The smallest absolute Gasteiger partial charge is 0.303 e. The minimum Gasteiger partial charge on any atom is -0.481 e. The second-order valence-corrected chi connectivity index (χ2v) is 11.3. The van der Waals surface area contributed by atoms with E-state index in [4.69, 9.17) is 5.11 Å². The van der Waals surface area contributed by atoms with E-state index in [1.54, 1.807) is 0 Å². The van der Waals surface area contributed by atoms with Crippen molar-refractivity contribution in [1.29, 1.82) is 0 Å². The first-order valence-electron chi connectivity index (χ1n) is 11.7. The van der Waals surface area contributed by atoms with Crippen molar-refractivity contribution in [1.82, 2.24) is 0 Å². The van der Waals surface area contributed by atoms with E-state index in [9.17, 15) is 19.8 Å². The highest BCUT2D eigenvalue weighted by molar-refractivity contribution is 5.83. The molecule has 0 amide bonds. The number of carboxylic acid groups (broad SMARTS) is 1. The number of carbonyl (C=O) groups excluding carboxylic acids is 1. The highest BCUT2D eigenvalue weighted by Crippen LogP contribution is 2.67. The molecule has 0 aliphatic heterocycles. The summed E-state index contributed by atoms with van der Waals surface area (Å²) in [7, 11) is 0. The Morgan fingerprint density at radius 3 is 2.55 bits per heavy atom. The van der Waals surface area contributed by atoms with Crippen LogP contribution in [0.4, 0.5) is 0 Å². The van der Waals surface area contributed by atoms with Crippen LogP contribution < -0.4 is 0 Å². The van der Waals surface area contributed by atoms with Crippen LogP contribution in [0, 0.1) is 46.3 Å². The molecule has 4 rings (SSSR count). The van der Waals surface area contributed by atoms with Gasteiger partial charge in [-0.05, 0) is 80.0 Å². The molecule has 10 atom stereocenters. The van der Waals surface area contributed by atoms with Gasteiger partial charge in [0.25, 0.3) is 0 Å². The lowest BCUT2D eigenvalue weighted by Gasteiger charge is -2.61. The standard InChI is InChI=1S/C24H38O5/c1-13(4-7-21(28)29)16-5-6-17-22-18(12-20(27)24(16,17)3)23(2)9-8-15(25)10-14(23)11-19(22)26/h13-18,20,22,25,27H,4-12H2,1-3H3,(H,28,29)/t13-,14+,15-,16-,17+,18+,20+,22+,23+,24-/m1/s1. The first kappa shape index (κ1) is 21.3. The number of hydrogen-bond donors (Lipinski definition) is 3. The Morgan fingerprint density at radius 1 is 1.14 bits per heavy atom. The zero-order valence-corrected chi connectivity index (χ0v) is 18.1. The van der Waals surface area contributed by atoms with Gasteiger partial charge in [0.05, 0.1) is 12.2 Å². The van der Waals surface area contributed by atoms with Crippen LogP contribution in [0.15, 0.2) is 0 Å². The van der Waals surface area contributed by atoms with Gasteiger partial charge in [-0.3, -0.25) is 9.59 Å². The number of ketones is 1. The third kappa shape index (κ3) is 3.18. The molecule has 0 aromatic heterocycles. The summed E-state index contributed by atoms with van der Waals surface area (Å²) in [6.07, 6.45) is 5.74. The normalized spacial score (nSPS) is 50.4. The van der Waals surface area contributed by atoms with Gasteiger partial charge < -0.3 is 15.3 Å². The van der Waals surface area contributed by atoms with E-state index in [1.165, 1.54) is 0 Å². The van der Waals surface area contributed by atoms with Gasteiger partial charge in [-0.2, -0.15) is 0 Å². The van der Waals surface area contributed by atoms with Crippen molar-refractivity contribution in [3.05, 3.63) is 0 Å². The maximum absolute atomic E-state index is 13.4. The van der Waals surface area contributed by atoms with E-state index in [-0.39, 0.29) is 58.9 Å². The fraction of sp³-hybridized carbons (Fsp3) is 0.917. The number of aliphatic hydroxyl groups excluding tert-OH is 2. The molecule has 29 heavy (non-hydrogen) atoms. The second kappa shape index (κ2) is 7.33. The molecule has 0 aromatic carbocycles. The lowest BCUT2D eigenvalue weighted by molar-refractivity contribution is -0.182. The molecule has 0 spiro atoms. The van der Waals surface area contributed by atoms with Crippen LogP contribution in [0.3, 0.4) is 0 Å². The molecule has 5 heteroatoms. The molecule has 5 nitrogen and oxygen atoms in total. The summed E-state index contributed by atoms with van der Waals surface area (Å²) < 4.78 is 0. The van der Waals surface area contributed by atoms with E-state index in [0.717, 1.165) is 32.1 Å². The number of fused-ring (bicyclic) bond motifs is 5. The van der Waals surface area contributed by atoms with Crippen molar-refractivity contribution >= 4 is 11.8 Å². The van der Waals surface area contributed by atoms with Crippen molar-refractivity contribution in [2.24, 2.45) is 46.3 Å². The summed E-state index contributed by atoms with van der Waals surface area (Å²) in [5.74, 6) is 0.775. The Labute approximate surface area is 174 Å². The molecular formula is C24H38O5. The zero-order valence-electron chi connectivity index (χ0n) is 18.1. The summed E-state index contributed by atoms with van der Waals surface area (Å²) in [5.41, 5.74) is -0.265. The van der Waals surface area contributed by atoms with Crippen LogP contribution in [-0.2, 0) is 9.59 Å². The van der Waals surface area contributed by atoms with Crippen molar-refractivity contribution in [2.75, 3.05) is 0 Å². The van der Waals surface area contributed by atoms with Gasteiger partial charge in [0.1, 0.15) is 5.78 Å². The van der Waals surface area contributed by atoms with E-state index in [2.05, 4.69) is 20.8 Å². The SMILES string of the molecule is C[C@H](CCC(=O)O)[C@H]1CC[C@H]2[C@@H]3C(=O)C[C@@H]4C[C@H](O)CC[C@]4(C)[C@H]3C[C@H](O)[C@]12C. The number of carboxylic acids is 1. The van der Waals surface area contributed by atoms with Gasteiger partial charge in [-0.1, -0.05) is 20.8 Å². The summed E-state index contributed by atoms with van der Waals surface area (Å²) >= 11 is 0. The number of aliphatic hydroxyl groups is 2. The minimum absolute atomic E-state index is 0.0246. The average molecular weight is 407 g/mol. The van der Waals surface area contributed by atoms with Gasteiger partial charge >= 0.3 is 5.97 Å². The molecule has 4 aliphatic rings. The molecule has 4 aliphatic carbocycles. The van der Waals surface area contributed by atoms with Crippen molar-refractivity contribution in [3.63, 3.8) is 0 Å². The van der Waals surface area contributed by atoms with E-state index >= 15 is 0 Å². The van der Waals surface area contributed by atoms with Gasteiger partial charge in [0.2, 0.25) is 0 Å². The molecule has 0 heterocycles. The van der Waals surface area contributed by atoms with Gasteiger partial charge in [-0.15, -0.1) is 0 Å². The Kier molecular flexibility index (Phi) is 5.39. The Balaban J connectivity index is 1.62. The van der Waals surface area contributed by atoms with Crippen LogP contribution in [0.1, 0.15) is 78.6 Å². The molecule has 164 valence electrons. The van der Waals surface area contributed by atoms with Crippen molar-refractivity contribution in [3.8, 4) is 0 Å². The van der Waals surface area contributed by atoms with Crippen LogP contribution >= 0.6 is 0 Å². The highest BCUT2D eigenvalue weighted by atomic mass is 16.4. The van der Waals surface area contributed by atoms with Crippen LogP contribution in [0.2, 0.25) is 0 Å². The Hall–Kier alpha value is -0.940. The second-order valence-electron chi connectivity index (χ2n) is 11.3. The fourth-order valence-corrected chi connectivity index (χ4v) is 8.40. The van der Waals surface area contributed by atoms with Crippen molar-refractivity contribution in [2.45, 2.75) is 90.8 Å². The lowest BCUT2D eigenvalue weighted by atomic mass is 9.43. The third-order valence-electron chi connectivity index (χ3n) is 10.1. The Bertz CT molecular complexity index is 676. The maximum Gasteiger partial charge on any atom is 0.303 e. The predicted molar refractivity (Wildman–Crippen MR) is 109 cm³/mol. The number of aliphatic carboxylic acids is 1. The van der Waals surface area contributed by atoms with Crippen LogP contribution in [0.5, 0.6) is 0 Å². The first-order valence-corrected chi connectivity index (χ1v) is 11.7. The number of rotatable bonds is 4. The van der Waals surface area contributed by atoms with E-state index in [0.29, 0.717) is 25.0 Å². The van der Waals surface area contributed by atoms with E-state index < -0.39 is 12.1 Å². The van der Waals surface area contributed by atoms with Crippen LogP contribution in [-0.4, -0.2) is 39.3 Å². The summed E-state index contributed by atoms with van der Waals surface area (Å²) in [4.78, 5) is 24.4. The fourth-order valence-electron chi connectivity index (χ4n) is 8.40. The zero-order chi connectivity index (χ0) is 21.1. The molecule has 0 unspecified atom stereocenters. The molecule has 0 saturated heterocycles. The molecule has 0 radical (unpaired) electrons. The van der Waals surface area contributed by atoms with Gasteiger partial charge in [-0.25, -0.2) is 0 Å². The largest absolute Gasteiger partial charge is 0.481 e. The molecule has 3 N–H and O–H groups in total. The topological polar surface area (TPSA) is 94.8 Å². The monoisotopic (exact) mass is 406 g/mol.